The summed E-state index contributed by atoms with van der Waals surface area (Å²) in [5.74, 6) is 4.37. The van der Waals surface area contributed by atoms with Crippen molar-refractivity contribution in [2.45, 2.75) is 24.9 Å². The van der Waals surface area contributed by atoms with Gasteiger partial charge in [-0.25, -0.2) is 0 Å². The fourth-order valence-electron chi connectivity index (χ4n) is 5.56. The summed E-state index contributed by atoms with van der Waals surface area (Å²) in [6.07, 6.45) is -0.167. The van der Waals surface area contributed by atoms with E-state index in [0.717, 1.165) is 0 Å². The summed E-state index contributed by atoms with van der Waals surface area (Å²) in [6, 6.07) is 9.73. The Hall–Kier alpha value is -4.95. The van der Waals surface area contributed by atoms with Crippen LogP contribution in [0, 0.1) is 23.7 Å². The van der Waals surface area contributed by atoms with E-state index >= 15 is 0 Å². The fraction of sp³-hybridized carbons (Fsp3) is 0.222. The first-order valence-corrected chi connectivity index (χ1v) is 11.6. The molecule has 0 heterocycles. The van der Waals surface area contributed by atoms with E-state index in [1.165, 1.54) is 6.07 Å². The second kappa shape index (κ2) is 8.86. The number of aromatic hydroxyl groups is 1. The molecule has 2 aromatic rings. The van der Waals surface area contributed by atoms with Gasteiger partial charge in [0.15, 0.2) is 11.4 Å². The topological polar surface area (TPSA) is 209 Å². The third-order valence-electron chi connectivity index (χ3n) is 7.33. The quantitative estimate of drug-likeness (QED) is 0.114. The fourth-order valence-corrected chi connectivity index (χ4v) is 5.56. The number of hydrogen-bond donors (Lipinski definition) is 6. The Labute approximate surface area is 215 Å². The number of amides is 1. The molecule has 0 unspecified atom stereocenters. The minimum Gasteiger partial charge on any atom is -0.508 e. The summed E-state index contributed by atoms with van der Waals surface area (Å²) in [7, 11) is 0. The zero-order valence-electron chi connectivity index (χ0n) is 19.8. The average Bonchev–Trinajstić information content (AvgIpc) is 2.86. The Bertz CT molecular complexity index is 1580. The van der Waals surface area contributed by atoms with E-state index in [9.17, 15) is 34.8 Å². The number of nitrogens with zero attached hydrogens (tertiary/aromatic N) is 2. The average molecular weight is 514 g/mol. The number of carbonyl (C=O) groups is 3. The second-order valence-corrected chi connectivity index (χ2v) is 9.40. The number of hydrogen-bond acceptors (Lipinski definition) is 9. The van der Waals surface area contributed by atoms with Crippen LogP contribution in [0.4, 0.5) is 5.69 Å². The van der Waals surface area contributed by atoms with E-state index in [-0.39, 0.29) is 36.1 Å². The van der Waals surface area contributed by atoms with Gasteiger partial charge in [0.25, 0.3) is 5.91 Å². The normalized spacial score (nSPS) is 24.4. The number of Topliss-reactive ketones (excluding diaryl/α,β-unsaturated/α-hetero) is 2. The van der Waals surface area contributed by atoms with Crippen LogP contribution < -0.4 is 11.6 Å². The van der Waals surface area contributed by atoms with Gasteiger partial charge in [-0.1, -0.05) is 17.1 Å². The number of benzene rings is 2. The van der Waals surface area contributed by atoms with Gasteiger partial charge in [0.1, 0.15) is 22.8 Å². The largest absolute Gasteiger partial charge is 0.508 e. The van der Waals surface area contributed by atoms with Gasteiger partial charge in [0.05, 0.1) is 11.3 Å². The van der Waals surface area contributed by atoms with Crippen LogP contribution in [-0.2, 0) is 20.8 Å². The molecule has 0 radical (unpaired) electrons. The molecule has 2 aromatic carbocycles. The van der Waals surface area contributed by atoms with Crippen molar-refractivity contribution in [3.05, 3.63) is 75.6 Å². The van der Waals surface area contributed by atoms with Gasteiger partial charge in [-0.3, -0.25) is 14.4 Å². The molecule has 38 heavy (non-hydrogen) atoms. The van der Waals surface area contributed by atoms with Gasteiger partial charge in [-0.05, 0) is 60.7 Å². The number of fused-ring (bicyclic) bond motifs is 3. The summed E-state index contributed by atoms with van der Waals surface area (Å²) < 4.78 is 0. The molecule has 0 aliphatic heterocycles. The smallest absolute Gasteiger partial charge is 0.255 e. The van der Waals surface area contributed by atoms with Gasteiger partial charge in [-0.15, -0.1) is 5.11 Å². The molecule has 11 nitrogen and oxygen atoms in total. The predicted octanol–water partition coefficient (Wildman–Crippen LogP) is 1.78. The molecule has 3 atom stereocenters. The van der Waals surface area contributed by atoms with Crippen LogP contribution in [0.3, 0.4) is 0 Å². The molecule has 192 valence electrons. The number of phenolic OH excluding ortho intramolecular Hbond substituents is 1. The molecule has 0 aromatic heterocycles. The van der Waals surface area contributed by atoms with Gasteiger partial charge < -0.3 is 32.0 Å². The van der Waals surface area contributed by atoms with Gasteiger partial charge in [0.2, 0.25) is 5.78 Å². The van der Waals surface area contributed by atoms with E-state index in [0.29, 0.717) is 22.4 Å². The lowest BCUT2D eigenvalue weighted by molar-refractivity contribution is -0.147. The van der Waals surface area contributed by atoms with Crippen molar-refractivity contribution >= 4 is 28.9 Å². The van der Waals surface area contributed by atoms with Crippen LogP contribution in [0.1, 0.15) is 35.1 Å². The van der Waals surface area contributed by atoms with Crippen LogP contribution >= 0.6 is 0 Å². The minimum atomic E-state index is -2.60. The van der Waals surface area contributed by atoms with Crippen LogP contribution in [-0.4, -0.2) is 43.5 Å². The summed E-state index contributed by atoms with van der Waals surface area (Å²) >= 11 is 0. The third-order valence-corrected chi connectivity index (χ3v) is 7.33. The monoisotopic (exact) mass is 514 g/mol. The standard InChI is InChI=1S/C27H22N4O7/c28-26(37)22-19(33)11-15-9-14-10-17-13(4-1-12-2-6-16(7-3-12)30-31-29)5-8-18(32)21(17)23(34)20(14)24(35)27(15,38)25(22)36/h2-3,5-8,14-15,32,34,36,38H,9-11H2,(H2,28,37)(H2,29,30)/t14-,15+,27+/m1/s1. The van der Waals surface area contributed by atoms with Gasteiger partial charge in [-0.2, -0.15) is 0 Å². The molecule has 8 N–H and O–H groups in total. The summed E-state index contributed by atoms with van der Waals surface area (Å²) in [5.41, 5.74) is 3.77. The van der Waals surface area contributed by atoms with Crippen molar-refractivity contribution in [2.24, 2.45) is 33.7 Å². The molecule has 0 bridgehead atoms. The van der Waals surface area contributed by atoms with E-state index < -0.39 is 52.0 Å². The number of rotatable bonds is 2. The van der Waals surface area contributed by atoms with E-state index in [1.54, 1.807) is 30.3 Å². The Morgan fingerprint density at radius 1 is 1.03 bits per heavy atom. The molecule has 5 rings (SSSR count). The highest BCUT2D eigenvalue weighted by molar-refractivity contribution is 6.22. The zero-order chi connectivity index (χ0) is 27.4. The maximum absolute atomic E-state index is 13.5. The SMILES string of the molecule is NN=Nc1ccc(C#Cc2ccc(O)c3c2C[C@H]2C[C@H]4CC(=O)C(C(N)=O)=C(O)[C@@]4(O)C(=O)C2=C3O)cc1. The summed E-state index contributed by atoms with van der Waals surface area (Å²) in [6.45, 7) is 0. The summed E-state index contributed by atoms with van der Waals surface area (Å²) in [5, 5.41) is 50.6. The van der Waals surface area contributed by atoms with Crippen LogP contribution in [0.5, 0.6) is 5.75 Å². The lowest BCUT2D eigenvalue weighted by Gasteiger charge is -2.46. The predicted molar refractivity (Wildman–Crippen MR) is 133 cm³/mol. The first-order chi connectivity index (χ1) is 18.1. The van der Waals surface area contributed by atoms with E-state index in [4.69, 9.17) is 11.6 Å². The maximum Gasteiger partial charge on any atom is 0.255 e. The highest BCUT2D eigenvalue weighted by Crippen LogP contribution is 2.52. The molecule has 0 saturated heterocycles. The second-order valence-electron chi connectivity index (χ2n) is 9.40. The number of aliphatic hydroxyl groups is 3. The van der Waals surface area contributed by atoms with Gasteiger partial charge >= 0.3 is 0 Å². The Morgan fingerprint density at radius 2 is 1.74 bits per heavy atom. The third kappa shape index (κ3) is 3.62. The lowest BCUT2D eigenvalue weighted by atomic mass is 9.59. The van der Waals surface area contributed by atoms with Crippen molar-refractivity contribution in [3.8, 4) is 17.6 Å². The zero-order valence-corrected chi connectivity index (χ0v) is 19.8. The highest BCUT2D eigenvalue weighted by Gasteiger charge is 2.60. The maximum atomic E-state index is 13.5. The molecule has 0 spiro atoms. The molecular formula is C27H22N4O7. The number of nitrogens with two attached hydrogens (primary N) is 2. The number of primary amides is 1. The highest BCUT2D eigenvalue weighted by atomic mass is 16.3. The number of carbonyl (C=O) groups excluding carboxylic acids is 3. The van der Waals surface area contributed by atoms with Gasteiger partial charge in [0, 0.05) is 29.0 Å². The van der Waals surface area contributed by atoms with Crippen LogP contribution in [0.2, 0.25) is 0 Å². The van der Waals surface area contributed by atoms with Crippen LogP contribution in [0.25, 0.3) is 5.76 Å². The molecular weight excluding hydrogens is 492 g/mol. The van der Waals surface area contributed by atoms with Crippen molar-refractivity contribution in [2.75, 3.05) is 0 Å². The van der Waals surface area contributed by atoms with E-state index in [2.05, 4.69) is 22.2 Å². The first-order valence-electron chi connectivity index (χ1n) is 11.6. The number of aliphatic hydroxyl groups excluding tert-OH is 2. The van der Waals surface area contributed by atoms with Crippen molar-refractivity contribution in [3.63, 3.8) is 0 Å². The van der Waals surface area contributed by atoms with E-state index in [1.807, 2.05) is 0 Å². The lowest BCUT2D eigenvalue weighted by Crippen LogP contribution is -2.58. The number of phenols is 1. The first kappa shape index (κ1) is 24.7. The minimum absolute atomic E-state index is 0.0114. The molecule has 1 amide bonds. The van der Waals surface area contributed by atoms with Crippen molar-refractivity contribution < 1.29 is 34.8 Å². The Balaban J connectivity index is 1.60. The molecule has 3 aliphatic rings. The Morgan fingerprint density at radius 3 is 2.39 bits per heavy atom. The molecule has 3 aliphatic carbocycles. The molecule has 1 fully saturated rings. The number of ketones is 2. The summed E-state index contributed by atoms with van der Waals surface area (Å²) in [4.78, 5) is 37.8. The van der Waals surface area contributed by atoms with Crippen LogP contribution in [0.15, 0.2) is 63.6 Å². The molecule has 1 saturated carbocycles. The molecule has 11 heteroatoms. The van der Waals surface area contributed by atoms with Crippen molar-refractivity contribution in [1.82, 2.24) is 0 Å². The Kier molecular flexibility index (Phi) is 5.77. The van der Waals surface area contributed by atoms with Crippen molar-refractivity contribution in [1.29, 1.82) is 0 Å².